The quantitative estimate of drug-likeness (QED) is 0.649. The lowest BCUT2D eigenvalue weighted by atomic mass is 10.1. The Labute approximate surface area is 139 Å². The van der Waals surface area contributed by atoms with Crippen LogP contribution in [0.5, 0.6) is 11.5 Å². The molecule has 24 heavy (non-hydrogen) atoms. The number of nitro benzene ring substituents is 1. The number of amides is 1. The Bertz CT molecular complexity index is 774. The number of aryl methyl sites for hydroxylation is 1. The summed E-state index contributed by atoms with van der Waals surface area (Å²) in [4.78, 5) is 22.6. The zero-order valence-electron chi connectivity index (χ0n) is 13.7. The average Bonchev–Trinajstić information content (AvgIpc) is 2.58. The molecule has 7 heteroatoms. The van der Waals surface area contributed by atoms with Gasteiger partial charge in [0.15, 0.2) is 0 Å². The van der Waals surface area contributed by atoms with Crippen molar-refractivity contribution in [2.24, 2.45) is 0 Å². The number of methoxy groups -OCH3 is 2. The van der Waals surface area contributed by atoms with Gasteiger partial charge in [-0.2, -0.15) is 0 Å². The van der Waals surface area contributed by atoms with Gasteiger partial charge in [-0.25, -0.2) is 0 Å². The Morgan fingerprint density at radius 1 is 1.17 bits per heavy atom. The van der Waals surface area contributed by atoms with Gasteiger partial charge in [0.25, 0.3) is 11.6 Å². The van der Waals surface area contributed by atoms with Crippen LogP contribution in [-0.2, 0) is 6.54 Å². The summed E-state index contributed by atoms with van der Waals surface area (Å²) in [7, 11) is 3.10. The van der Waals surface area contributed by atoms with Crippen molar-refractivity contribution in [2.45, 2.75) is 13.5 Å². The molecule has 0 spiro atoms. The summed E-state index contributed by atoms with van der Waals surface area (Å²) in [6.07, 6.45) is 0. The predicted octanol–water partition coefficient (Wildman–Crippen LogP) is 2.85. The molecule has 0 aliphatic heterocycles. The summed E-state index contributed by atoms with van der Waals surface area (Å²) < 4.78 is 10.4. The molecular weight excluding hydrogens is 312 g/mol. The number of rotatable bonds is 6. The Morgan fingerprint density at radius 2 is 1.92 bits per heavy atom. The van der Waals surface area contributed by atoms with Gasteiger partial charge in [-0.1, -0.05) is 0 Å². The third-order valence-corrected chi connectivity index (χ3v) is 3.59. The van der Waals surface area contributed by atoms with Crippen LogP contribution in [0, 0.1) is 17.0 Å². The minimum absolute atomic E-state index is 0.0108. The minimum Gasteiger partial charge on any atom is -0.497 e. The molecule has 0 atom stereocenters. The van der Waals surface area contributed by atoms with Crippen LogP contribution in [0.15, 0.2) is 36.4 Å². The highest BCUT2D eigenvalue weighted by atomic mass is 16.6. The van der Waals surface area contributed by atoms with E-state index in [4.69, 9.17) is 9.47 Å². The monoisotopic (exact) mass is 330 g/mol. The topological polar surface area (TPSA) is 90.7 Å². The third kappa shape index (κ3) is 3.81. The van der Waals surface area contributed by atoms with Crippen molar-refractivity contribution in [3.8, 4) is 11.5 Å². The van der Waals surface area contributed by atoms with Gasteiger partial charge in [-0.3, -0.25) is 14.9 Å². The lowest BCUT2D eigenvalue weighted by molar-refractivity contribution is -0.385. The first kappa shape index (κ1) is 17.3. The molecule has 126 valence electrons. The molecule has 0 aromatic heterocycles. The molecule has 7 nitrogen and oxygen atoms in total. The molecule has 0 bridgehead atoms. The number of carbonyl (C=O) groups excluding carboxylic acids is 1. The number of nitrogens with one attached hydrogen (secondary N) is 1. The summed E-state index contributed by atoms with van der Waals surface area (Å²) in [5, 5.41) is 13.6. The summed E-state index contributed by atoms with van der Waals surface area (Å²) in [6, 6.07) is 9.58. The van der Waals surface area contributed by atoms with Crippen LogP contribution in [-0.4, -0.2) is 25.1 Å². The van der Waals surface area contributed by atoms with E-state index in [1.165, 1.54) is 18.2 Å². The number of nitro groups is 1. The lowest BCUT2D eigenvalue weighted by Gasteiger charge is -2.11. The highest BCUT2D eigenvalue weighted by Crippen LogP contribution is 2.24. The van der Waals surface area contributed by atoms with Crippen molar-refractivity contribution in [3.05, 3.63) is 63.2 Å². The number of hydrogen-bond donors (Lipinski definition) is 1. The van der Waals surface area contributed by atoms with E-state index in [-0.39, 0.29) is 18.1 Å². The van der Waals surface area contributed by atoms with Crippen LogP contribution in [0.3, 0.4) is 0 Å². The number of benzene rings is 2. The van der Waals surface area contributed by atoms with Gasteiger partial charge in [0.05, 0.1) is 19.1 Å². The molecule has 2 rings (SSSR count). The molecule has 0 saturated heterocycles. The zero-order valence-corrected chi connectivity index (χ0v) is 13.7. The molecule has 2 aromatic rings. The molecular formula is C17H18N2O5. The van der Waals surface area contributed by atoms with E-state index in [9.17, 15) is 14.9 Å². The standard InChI is InChI=1S/C17H18N2O5/c1-11-8-12(5-7-15(11)19(21)22)17(20)18-10-13-4-6-14(23-2)9-16(13)24-3/h4-9H,10H2,1-3H3,(H,18,20). The fourth-order valence-electron chi connectivity index (χ4n) is 2.28. The molecule has 1 N–H and O–H groups in total. The van der Waals surface area contributed by atoms with E-state index in [0.717, 1.165) is 5.56 Å². The Hall–Kier alpha value is -3.09. The summed E-state index contributed by atoms with van der Waals surface area (Å²) in [6.45, 7) is 1.86. The Morgan fingerprint density at radius 3 is 2.50 bits per heavy atom. The van der Waals surface area contributed by atoms with Crippen LogP contribution in [0.4, 0.5) is 5.69 Å². The van der Waals surface area contributed by atoms with E-state index < -0.39 is 4.92 Å². The molecule has 0 radical (unpaired) electrons. The average molecular weight is 330 g/mol. The van der Waals surface area contributed by atoms with Crippen molar-refractivity contribution in [1.82, 2.24) is 5.32 Å². The first-order chi connectivity index (χ1) is 11.5. The van der Waals surface area contributed by atoms with Gasteiger partial charge in [0, 0.05) is 35.4 Å². The highest BCUT2D eigenvalue weighted by molar-refractivity contribution is 5.94. The van der Waals surface area contributed by atoms with Crippen molar-refractivity contribution in [1.29, 1.82) is 0 Å². The molecule has 0 aliphatic carbocycles. The minimum atomic E-state index is -0.473. The van der Waals surface area contributed by atoms with E-state index in [2.05, 4.69) is 5.32 Å². The fourth-order valence-corrected chi connectivity index (χ4v) is 2.28. The van der Waals surface area contributed by atoms with Crippen molar-refractivity contribution >= 4 is 11.6 Å². The fraction of sp³-hybridized carbons (Fsp3) is 0.235. The highest BCUT2D eigenvalue weighted by Gasteiger charge is 2.14. The first-order valence-corrected chi connectivity index (χ1v) is 7.20. The molecule has 0 saturated carbocycles. The molecule has 1 amide bonds. The van der Waals surface area contributed by atoms with Crippen molar-refractivity contribution in [2.75, 3.05) is 14.2 Å². The SMILES string of the molecule is COc1ccc(CNC(=O)c2ccc([N+](=O)[O-])c(C)c2)c(OC)c1. The summed E-state index contributed by atoms with van der Waals surface area (Å²) in [5.41, 5.74) is 1.59. The van der Waals surface area contributed by atoms with Crippen LogP contribution < -0.4 is 14.8 Å². The number of nitrogens with zero attached hydrogens (tertiary/aromatic N) is 1. The normalized spacial score (nSPS) is 10.1. The maximum absolute atomic E-state index is 12.2. The van der Waals surface area contributed by atoms with Crippen LogP contribution in [0.25, 0.3) is 0 Å². The van der Waals surface area contributed by atoms with Gasteiger partial charge >= 0.3 is 0 Å². The maximum Gasteiger partial charge on any atom is 0.272 e. The van der Waals surface area contributed by atoms with E-state index in [0.29, 0.717) is 22.6 Å². The molecule has 2 aromatic carbocycles. The predicted molar refractivity (Wildman–Crippen MR) is 88.5 cm³/mol. The van der Waals surface area contributed by atoms with Gasteiger partial charge in [-0.15, -0.1) is 0 Å². The zero-order chi connectivity index (χ0) is 17.7. The van der Waals surface area contributed by atoms with E-state index >= 15 is 0 Å². The summed E-state index contributed by atoms with van der Waals surface area (Å²) >= 11 is 0. The lowest BCUT2D eigenvalue weighted by Crippen LogP contribution is -2.23. The van der Waals surface area contributed by atoms with Crippen LogP contribution in [0.2, 0.25) is 0 Å². The third-order valence-electron chi connectivity index (χ3n) is 3.59. The number of hydrogen-bond acceptors (Lipinski definition) is 5. The second-order valence-corrected chi connectivity index (χ2v) is 5.12. The molecule has 0 fully saturated rings. The van der Waals surface area contributed by atoms with Gasteiger partial charge in [0.1, 0.15) is 11.5 Å². The van der Waals surface area contributed by atoms with Crippen LogP contribution in [0.1, 0.15) is 21.5 Å². The van der Waals surface area contributed by atoms with E-state index in [1.807, 2.05) is 0 Å². The van der Waals surface area contributed by atoms with Gasteiger partial charge < -0.3 is 14.8 Å². The number of ether oxygens (including phenoxy) is 2. The molecule has 0 heterocycles. The second-order valence-electron chi connectivity index (χ2n) is 5.12. The largest absolute Gasteiger partial charge is 0.497 e. The maximum atomic E-state index is 12.2. The number of carbonyl (C=O) groups is 1. The van der Waals surface area contributed by atoms with Crippen molar-refractivity contribution in [3.63, 3.8) is 0 Å². The van der Waals surface area contributed by atoms with E-state index in [1.54, 1.807) is 39.3 Å². The van der Waals surface area contributed by atoms with Gasteiger partial charge in [0.2, 0.25) is 0 Å². The Balaban J connectivity index is 2.11. The second kappa shape index (κ2) is 7.45. The smallest absolute Gasteiger partial charge is 0.272 e. The van der Waals surface area contributed by atoms with Crippen LogP contribution >= 0.6 is 0 Å². The molecule has 0 aliphatic rings. The first-order valence-electron chi connectivity index (χ1n) is 7.20. The van der Waals surface area contributed by atoms with Crippen molar-refractivity contribution < 1.29 is 19.2 Å². The molecule has 0 unspecified atom stereocenters. The summed E-state index contributed by atoms with van der Waals surface area (Å²) in [5.74, 6) is 0.952. The van der Waals surface area contributed by atoms with Gasteiger partial charge in [-0.05, 0) is 31.2 Å². The Kier molecular flexibility index (Phi) is 5.36.